The van der Waals surface area contributed by atoms with Crippen LogP contribution in [0.3, 0.4) is 0 Å². The molecule has 0 radical (unpaired) electrons. The van der Waals surface area contributed by atoms with Crippen molar-refractivity contribution in [2.45, 2.75) is 31.6 Å². The Morgan fingerprint density at radius 3 is 2.28 bits per heavy atom. The summed E-state index contributed by atoms with van der Waals surface area (Å²) in [7, 11) is 0. The molecule has 1 aromatic carbocycles. The summed E-state index contributed by atoms with van der Waals surface area (Å²) in [5, 5.41) is 18.5. The SMILES string of the molecule is Cc1ccc(C2(C(=O)O)CCC(C(=O)O)C2)cc1. The van der Waals surface area contributed by atoms with E-state index in [1.54, 1.807) is 12.1 Å². The van der Waals surface area contributed by atoms with Gasteiger partial charge in [-0.1, -0.05) is 29.8 Å². The van der Waals surface area contributed by atoms with Gasteiger partial charge in [-0.3, -0.25) is 9.59 Å². The predicted octanol–water partition coefficient (Wildman–Crippen LogP) is 2.20. The maximum Gasteiger partial charge on any atom is 0.314 e. The lowest BCUT2D eigenvalue weighted by Gasteiger charge is -2.24. The maximum atomic E-state index is 11.6. The molecule has 4 nitrogen and oxygen atoms in total. The van der Waals surface area contributed by atoms with Crippen molar-refractivity contribution in [1.82, 2.24) is 0 Å². The summed E-state index contributed by atoms with van der Waals surface area (Å²) in [5.74, 6) is -2.37. The van der Waals surface area contributed by atoms with E-state index in [0.717, 1.165) is 5.56 Å². The van der Waals surface area contributed by atoms with Gasteiger partial charge in [0, 0.05) is 0 Å². The summed E-state index contributed by atoms with van der Waals surface area (Å²) in [6, 6.07) is 7.34. The van der Waals surface area contributed by atoms with Crippen LogP contribution >= 0.6 is 0 Å². The molecule has 96 valence electrons. The van der Waals surface area contributed by atoms with E-state index in [1.807, 2.05) is 19.1 Å². The minimum absolute atomic E-state index is 0.181. The first-order valence-electron chi connectivity index (χ1n) is 5.99. The van der Waals surface area contributed by atoms with Crippen LogP contribution in [0.25, 0.3) is 0 Å². The summed E-state index contributed by atoms with van der Waals surface area (Å²) in [6.07, 6.45) is 0.999. The second-order valence-electron chi connectivity index (χ2n) is 5.03. The van der Waals surface area contributed by atoms with Gasteiger partial charge in [0.2, 0.25) is 0 Å². The van der Waals surface area contributed by atoms with Gasteiger partial charge in [0.15, 0.2) is 0 Å². The summed E-state index contributed by atoms with van der Waals surface area (Å²) in [4.78, 5) is 22.6. The molecule has 18 heavy (non-hydrogen) atoms. The van der Waals surface area contributed by atoms with Gasteiger partial charge in [-0.25, -0.2) is 0 Å². The molecule has 1 aliphatic rings. The zero-order chi connectivity index (χ0) is 13.3. The second-order valence-corrected chi connectivity index (χ2v) is 5.03. The number of hydrogen-bond donors (Lipinski definition) is 2. The van der Waals surface area contributed by atoms with E-state index in [-0.39, 0.29) is 6.42 Å². The molecule has 0 amide bonds. The first-order chi connectivity index (χ1) is 8.45. The minimum Gasteiger partial charge on any atom is -0.481 e. The van der Waals surface area contributed by atoms with Crippen molar-refractivity contribution in [3.8, 4) is 0 Å². The van der Waals surface area contributed by atoms with Crippen molar-refractivity contribution in [3.63, 3.8) is 0 Å². The normalized spacial score (nSPS) is 27.1. The number of benzene rings is 1. The lowest BCUT2D eigenvalue weighted by molar-refractivity contribution is -0.144. The van der Waals surface area contributed by atoms with E-state index in [2.05, 4.69) is 0 Å². The Morgan fingerprint density at radius 1 is 1.22 bits per heavy atom. The smallest absolute Gasteiger partial charge is 0.314 e. The number of carboxylic acids is 2. The van der Waals surface area contributed by atoms with Crippen molar-refractivity contribution in [2.24, 2.45) is 5.92 Å². The molecule has 0 bridgehead atoms. The van der Waals surface area contributed by atoms with Crippen LogP contribution in [0.15, 0.2) is 24.3 Å². The van der Waals surface area contributed by atoms with E-state index < -0.39 is 23.3 Å². The summed E-state index contributed by atoms with van der Waals surface area (Å²) in [6.45, 7) is 1.94. The molecule has 0 saturated heterocycles. The van der Waals surface area contributed by atoms with Crippen LogP contribution in [-0.2, 0) is 15.0 Å². The molecule has 0 spiro atoms. The van der Waals surface area contributed by atoms with Crippen LogP contribution < -0.4 is 0 Å². The van der Waals surface area contributed by atoms with Crippen LogP contribution in [0.5, 0.6) is 0 Å². The average molecular weight is 248 g/mol. The molecule has 2 atom stereocenters. The summed E-state index contributed by atoms with van der Waals surface area (Å²) < 4.78 is 0. The summed E-state index contributed by atoms with van der Waals surface area (Å²) >= 11 is 0. The quantitative estimate of drug-likeness (QED) is 0.860. The van der Waals surface area contributed by atoms with Gasteiger partial charge in [-0.05, 0) is 31.7 Å². The fourth-order valence-corrected chi connectivity index (χ4v) is 2.71. The zero-order valence-electron chi connectivity index (χ0n) is 10.2. The number of aliphatic carboxylic acids is 2. The number of rotatable bonds is 3. The van der Waals surface area contributed by atoms with Gasteiger partial charge in [-0.15, -0.1) is 0 Å². The van der Waals surface area contributed by atoms with Crippen LogP contribution in [0.1, 0.15) is 30.4 Å². The number of carboxylic acid groups (broad SMARTS) is 2. The highest BCUT2D eigenvalue weighted by Gasteiger charge is 2.48. The highest BCUT2D eigenvalue weighted by atomic mass is 16.4. The molecule has 4 heteroatoms. The average Bonchev–Trinajstić information content (AvgIpc) is 2.76. The predicted molar refractivity (Wildman–Crippen MR) is 65.5 cm³/mol. The molecular weight excluding hydrogens is 232 g/mol. The first-order valence-corrected chi connectivity index (χ1v) is 5.99. The summed E-state index contributed by atoms with van der Waals surface area (Å²) in [5.41, 5.74) is 0.743. The van der Waals surface area contributed by atoms with Gasteiger partial charge in [0.25, 0.3) is 0 Å². The second kappa shape index (κ2) is 4.44. The Balaban J connectivity index is 2.38. The third-order valence-electron chi connectivity index (χ3n) is 3.88. The van der Waals surface area contributed by atoms with Gasteiger partial charge in [0.1, 0.15) is 0 Å². The van der Waals surface area contributed by atoms with Crippen LogP contribution in [0, 0.1) is 12.8 Å². The lowest BCUT2D eigenvalue weighted by atomic mass is 9.78. The third-order valence-corrected chi connectivity index (χ3v) is 3.88. The molecule has 1 saturated carbocycles. The Kier molecular flexibility index (Phi) is 3.11. The zero-order valence-corrected chi connectivity index (χ0v) is 10.2. The van der Waals surface area contributed by atoms with Crippen molar-refractivity contribution in [2.75, 3.05) is 0 Å². The monoisotopic (exact) mass is 248 g/mol. The molecule has 2 unspecified atom stereocenters. The molecular formula is C14H16O4. The molecule has 2 N–H and O–H groups in total. The molecule has 1 fully saturated rings. The molecule has 2 rings (SSSR count). The van der Waals surface area contributed by atoms with Gasteiger partial charge in [0.05, 0.1) is 11.3 Å². The van der Waals surface area contributed by atoms with Gasteiger partial charge in [-0.2, -0.15) is 0 Å². The van der Waals surface area contributed by atoms with Crippen LogP contribution in [0.2, 0.25) is 0 Å². The molecule has 0 aromatic heterocycles. The lowest BCUT2D eigenvalue weighted by Crippen LogP contribution is -2.33. The van der Waals surface area contributed by atoms with E-state index in [4.69, 9.17) is 5.11 Å². The first kappa shape index (κ1) is 12.6. The van der Waals surface area contributed by atoms with Crippen molar-refractivity contribution in [1.29, 1.82) is 0 Å². The fourth-order valence-electron chi connectivity index (χ4n) is 2.71. The Bertz CT molecular complexity index is 477. The van der Waals surface area contributed by atoms with E-state index >= 15 is 0 Å². The fraction of sp³-hybridized carbons (Fsp3) is 0.429. The highest BCUT2D eigenvalue weighted by Crippen LogP contribution is 2.44. The number of aryl methyl sites for hydroxylation is 1. The standard InChI is InChI=1S/C14H16O4/c1-9-2-4-11(5-3-9)14(13(17)18)7-6-10(8-14)12(15)16/h2-5,10H,6-8H2,1H3,(H,15,16)(H,17,18). The molecule has 1 aromatic rings. The van der Waals surface area contributed by atoms with E-state index in [9.17, 15) is 14.7 Å². The minimum atomic E-state index is -1.03. The van der Waals surface area contributed by atoms with Crippen LogP contribution in [-0.4, -0.2) is 22.2 Å². The van der Waals surface area contributed by atoms with Crippen LogP contribution in [0.4, 0.5) is 0 Å². The van der Waals surface area contributed by atoms with E-state index in [1.165, 1.54) is 0 Å². The number of carbonyl (C=O) groups is 2. The Labute approximate surface area is 105 Å². The van der Waals surface area contributed by atoms with Crippen molar-refractivity contribution >= 4 is 11.9 Å². The Morgan fingerprint density at radius 2 is 1.83 bits per heavy atom. The molecule has 0 aliphatic heterocycles. The number of hydrogen-bond acceptors (Lipinski definition) is 2. The molecule has 0 heterocycles. The topological polar surface area (TPSA) is 74.6 Å². The van der Waals surface area contributed by atoms with Crippen molar-refractivity contribution < 1.29 is 19.8 Å². The van der Waals surface area contributed by atoms with Gasteiger partial charge >= 0.3 is 11.9 Å². The highest BCUT2D eigenvalue weighted by molar-refractivity contribution is 5.84. The maximum absolute atomic E-state index is 11.6. The van der Waals surface area contributed by atoms with Gasteiger partial charge < -0.3 is 10.2 Å². The molecule has 1 aliphatic carbocycles. The Hall–Kier alpha value is -1.84. The van der Waals surface area contributed by atoms with E-state index in [0.29, 0.717) is 18.4 Å². The van der Waals surface area contributed by atoms with Crippen molar-refractivity contribution in [3.05, 3.63) is 35.4 Å². The third kappa shape index (κ3) is 1.98. The largest absolute Gasteiger partial charge is 0.481 e.